The third-order valence-corrected chi connectivity index (χ3v) is 5.25. The maximum absolute atomic E-state index is 12.0. The molecule has 0 heterocycles. The second-order valence-corrected chi connectivity index (χ2v) is 7.51. The van der Waals surface area contributed by atoms with Gasteiger partial charge in [0.15, 0.2) is 10.7 Å². The van der Waals surface area contributed by atoms with E-state index in [2.05, 4.69) is 18.7 Å². The van der Waals surface area contributed by atoms with Crippen LogP contribution < -0.4 is 4.90 Å². The smallest absolute Gasteiger partial charge is 0.335 e. The number of rotatable bonds is 10. The Balaban J connectivity index is 2.75. The molecule has 0 saturated carbocycles. The number of hydrogen-bond acceptors (Lipinski definition) is 4. The summed E-state index contributed by atoms with van der Waals surface area (Å²) >= 11 is 0. The average molecular weight is 390 g/mol. The molecule has 27 heavy (non-hydrogen) atoms. The van der Waals surface area contributed by atoms with Gasteiger partial charge in [-0.2, -0.15) is 0 Å². The molecule has 0 saturated heterocycles. The number of nitrogens with zero attached hydrogens (tertiary/aromatic N) is 1. The molecule has 0 aliphatic carbocycles. The molecule has 6 heteroatoms. The molecular weight excluding hydrogens is 362 g/mol. The molecule has 0 fully saturated rings. The largest absolute Gasteiger partial charge is 0.478 e. The van der Waals surface area contributed by atoms with E-state index in [1.54, 1.807) is 6.07 Å². The number of carboxylic acids is 1. The average Bonchev–Trinajstić information content (AvgIpc) is 2.67. The molecule has 2 aromatic rings. The number of anilines is 1. The first-order chi connectivity index (χ1) is 13.0. The van der Waals surface area contributed by atoms with Gasteiger partial charge in [0.2, 0.25) is 0 Å². The summed E-state index contributed by atoms with van der Waals surface area (Å²) in [6.45, 7) is 5.72. The van der Waals surface area contributed by atoms with Crippen LogP contribution in [0.1, 0.15) is 49.9 Å². The highest BCUT2D eigenvalue weighted by Gasteiger charge is 2.21. The van der Waals surface area contributed by atoms with Crippen molar-refractivity contribution in [3.05, 3.63) is 48.0 Å². The van der Waals surface area contributed by atoms with Crippen LogP contribution in [0.25, 0.3) is 11.1 Å². The quantitative estimate of drug-likeness (QED) is 0.588. The Kier molecular flexibility index (Phi) is 7.85. The van der Waals surface area contributed by atoms with E-state index in [0.29, 0.717) is 11.3 Å². The fraction of sp³-hybridized carbons (Fsp3) is 0.381. The minimum atomic E-state index is -2.94. The lowest BCUT2D eigenvalue weighted by atomic mass is 9.99. The third-order valence-electron chi connectivity index (χ3n) is 4.51. The zero-order valence-corrected chi connectivity index (χ0v) is 16.7. The zero-order valence-electron chi connectivity index (χ0n) is 15.9. The molecule has 0 radical (unpaired) electrons. The molecule has 146 valence electrons. The van der Waals surface area contributed by atoms with Crippen LogP contribution in [0.15, 0.2) is 47.4 Å². The van der Waals surface area contributed by atoms with E-state index in [1.165, 1.54) is 6.07 Å². The first-order valence-corrected chi connectivity index (χ1v) is 10.5. The van der Waals surface area contributed by atoms with E-state index < -0.39 is 16.7 Å². The number of thiol groups is 1. The summed E-state index contributed by atoms with van der Waals surface area (Å²) in [6, 6.07) is 12.2. The van der Waals surface area contributed by atoms with Gasteiger partial charge >= 0.3 is 5.97 Å². The molecule has 2 rings (SSSR count). The summed E-state index contributed by atoms with van der Waals surface area (Å²) in [4.78, 5) is 13.8. The number of unbranched alkanes of at least 4 members (excludes halogenated alkanes) is 2. The second kappa shape index (κ2) is 10.1. The Morgan fingerprint density at radius 2 is 1.59 bits per heavy atom. The maximum Gasteiger partial charge on any atom is 0.335 e. The summed E-state index contributed by atoms with van der Waals surface area (Å²) in [5, 5.41) is 9.50. The van der Waals surface area contributed by atoms with Crippen LogP contribution in [-0.2, 0) is 10.7 Å². The van der Waals surface area contributed by atoms with Gasteiger partial charge < -0.3 is 10.0 Å². The van der Waals surface area contributed by atoms with Gasteiger partial charge in [0.1, 0.15) is 0 Å². The molecule has 0 unspecified atom stereocenters. The van der Waals surface area contributed by atoms with E-state index >= 15 is 0 Å². The molecule has 2 aromatic carbocycles. The van der Waals surface area contributed by atoms with E-state index in [1.807, 2.05) is 30.3 Å². The van der Waals surface area contributed by atoms with Crippen molar-refractivity contribution in [2.45, 2.75) is 44.4 Å². The van der Waals surface area contributed by atoms with Crippen molar-refractivity contribution in [1.29, 1.82) is 0 Å². The number of carboxylic acid groups (broad SMARTS) is 1. The fourth-order valence-electron chi connectivity index (χ4n) is 3.08. The molecule has 0 amide bonds. The number of aromatic carboxylic acids is 1. The highest BCUT2D eigenvalue weighted by Crippen LogP contribution is 2.37. The molecule has 0 aromatic heterocycles. The molecule has 0 spiro atoms. The summed E-state index contributed by atoms with van der Waals surface area (Å²) < 4.78 is 24.0. The molecule has 0 atom stereocenters. The van der Waals surface area contributed by atoms with E-state index in [4.69, 9.17) is 0 Å². The highest BCUT2D eigenvalue weighted by atomic mass is 32.2. The SMILES string of the molecule is CCCCN(CCCC)c1cc(C(=O)O)cc([SH](=O)=O)c1-c1ccccc1. The maximum atomic E-state index is 12.0. The Hall–Kier alpha value is -2.34. The number of benzene rings is 2. The minimum absolute atomic E-state index is 0.00289. The van der Waals surface area contributed by atoms with Crippen molar-refractivity contribution in [3.8, 4) is 11.1 Å². The lowest BCUT2D eigenvalue weighted by Crippen LogP contribution is -2.27. The Labute approximate surface area is 162 Å². The Morgan fingerprint density at radius 1 is 1.00 bits per heavy atom. The van der Waals surface area contributed by atoms with Crippen molar-refractivity contribution in [1.82, 2.24) is 0 Å². The monoisotopic (exact) mass is 389 g/mol. The summed E-state index contributed by atoms with van der Waals surface area (Å²) in [5.74, 6) is -1.13. The second-order valence-electron chi connectivity index (χ2n) is 6.51. The van der Waals surface area contributed by atoms with Crippen LogP contribution in [0.5, 0.6) is 0 Å². The minimum Gasteiger partial charge on any atom is -0.478 e. The number of carbonyl (C=O) groups is 1. The van der Waals surface area contributed by atoms with E-state index in [-0.39, 0.29) is 10.5 Å². The van der Waals surface area contributed by atoms with Crippen molar-refractivity contribution >= 4 is 22.4 Å². The third kappa shape index (κ3) is 5.32. The molecule has 5 nitrogen and oxygen atoms in total. The van der Waals surface area contributed by atoms with Gasteiger partial charge in [0.25, 0.3) is 0 Å². The molecular formula is C21H27NO4S. The van der Waals surface area contributed by atoms with Gasteiger partial charge in [-0.1, -0.05) is 57.0 Å². The van der Waals surface area contributed by atoms with E-state index in [9.17, 15) is 18.3 Å². The summed E-state index contributed by atoms with van der Waals surface area (Å²) in [5.41, 5.74) is 2.04. The zero-order chi connectivity index (χ0) is 19.8. The van der Waals surface area contributed by atoms with Gasteiger partial charge in [-0.25, -0.2) is 13.2 Å². The molecule has 0 aliphatic heterocycles. The normalized spacial score (nSPS) is 10.9. The van der Waals surface area contributed by atoms with Crippen LogP contribution in [-0.4, -0.2) is 32.6 Å². The first-order valence-electron chi connectivity index (χ1n) is 9.35. The topological polar surface area (TPSA) is 74.7 Å². The van der Waals surface area contributed by atoms with Crippen LogP contribution in [0.4, 0.5) is 5.69 Å². The number of hydrogen-bond donors (Lipinski definition) is 2. The van der Waals surface area contributed by atoms with Crippen LogP contribution in [0.3, 0.4) is 0 Å². The van der Waals surface area contributed by atoms with Crippen molar-refractivity contribution in [3.63, 3.8) is 0 Å². The van der Waals surface area contributed by atoms with Gasteiger partial charge in [0.05, 0.1) is 10.5 Å². The lowest BCUT2D eigenvalue weighted by molar-refractivity contribution is 0.0696. The molecule has 0 bridgehead atoms. The van der Waals surface area contributed by atoms with Gasteiger partial charge in [-0.05, 0) is 30.5 Å². The predicted octanol–water partition coefficient (Wildman–Crippen LogP) is 4.43. The van der Waals surface area contributed by atoms with Crippen molar-refractivity contribution in [2.75, 3.05) is 18.0 Å². The molecule has 0 aliphatic rings. The lowest BCUT2D eigenvalue weighted by Gasteiger charge is -2.28. The van der Waals surface area contributed by atoms with Gasteiger partial charge in [0, 0.05) is 24.3 Å². The first kappa shape index (κ1) is 21.0. The predicted molar refractivity (Wildman–Crippen MR) is 109 cm³/mol. The van der Waals surface area contributed by atoms with Crippen LogP contribution >= 0.6 is 0 Å². The van der Waals surface area contributed by atoms with Crippen LogP contribution in [0.2, 0.25) is 0 Å². The summed E-state index contributed by atoms with van der Waals surface area (Å²) in [7, 11) is -2.94. The van der Waals surface area contributed by atoms with Crippen molar-refractivity contribution in [2.24, 2.45) is 0 Å². The Bertz CT molecular complexity index is 831. The highest BCUT2D eigenvalue weighted by molar-refractivity contribution is 7.72. The van der Waals surface area contributed by atoms with E-state index in [0.717, 1.165) is 44.3 Å². The van der Waals surface area contributed by atoms with Crippen molar-refractivity contribution < 1.29 is 18.3 Å². The fourth-order valence-corrected chi connectivity index (χ4v) is 3.75. The standard InChI is InChI=1S/C21H27NO4S/c1-3-5-12-22(13-6-4-2)18-14-17(21(23)24)15-19(27(25)26)20(18)16-10-8-7-9-11-16/h7-11,14-15,27H,3-6,12-13H2,1-2H3,(H,23,24). The van der Waals surface area contributed by atoms with Gasteiger partial charge in [-0.15, -0.1) is 0 Å². The Morgan fingerprint density at radius 3 is 2.07 bits per heavy atom. The van der Waals surface area contributed by atoms with Crippen LogP contribution in [0, 0.1) is 0 Å². The van der Waals surface area contributed by atoms with Gasteiger partial charge in [-0.3, -0.25) is 0 Å². The molecule has 1 N–H and O–H groups in total. The summed E-state index contributed by atoms with van der Waals surface area (Å²) in [6.07, 6.45) is 3.91.